The number of carbonyl (C=O) groups is 1. The molecule has 3 heteroatoms. The van der Waals surface area contributed by atoms with Crippen LogP contribution in [0.5, 0.6) is 0 Å². The van der Waals surface area contributed by atoms with Crippen molar-refractivity contribution in [2.75, 3.05) is 32.7 Å². The number of amides is 1. The zero-order chi connectivity index (χ0) is 14.2. The molecule has 0 aromatic carbocycles. The summed E-state index contributed by atoms with van der Waals surface area (Å²) >= 11 is 0. The van der Waals surface area contributed by atoms with Gasteiger partial charge in [0, 0.05) is 37.7 Å². The van der Waals surface area contributed by atoms with Crippen molar-refractivity contribution in [1.82, 2.24) is 9.80 Å². The van der Waals surface area contributed by atoms with Crippen molar-refractivity contribution in [3.05, 3.63) is 11.6 Å². The molecule has 0 aromatic rings. The summed E-state index contributed by atoms with van der Waals surface area (Å²) in [4.78, 5) is 16.9. The molecule has 1 amide bonds. The predicted octanol–water partition coefficient (Wildman–Crippen LogP) is 2.68. The van der Waals surface area contributed by atoms with Gasteiger partial charge in [-0.2, -0.15) is 0 Å². The Labute approximate surface area is 123 Å². The van der Waals surface area contributed by atoms with Crippen molar-refractivity contribution in [3.63, 3.8) is 0 Å². The lowest BCUT2D eigenvalue weighted by atomic mass is 9.79. The summed E-state index contributed by atoms with van der Waals surface area (Å²) in [7, 11) is 0. The zero-order valence-electron chi connectivity index (χ0n) is 13.0. The second-order valence-corrected chi connectivity index (χ2v) is 7.51. The molecule has 2 saturated heterocycles. The summed E-state index contributed by atoms with van der Waals surface area (Å²) in [6, 6.07) is 0. The molecule has 2 heterocycles. The molecule has 3 fully saturated rings. The van der Waals surface area contributed by atoms with E-state index in [1.165, 1.54) is 51.7 Å². The first-order valence-electron chi connectivity index (χ1n) is 8.23. The number of nitrogens with zero attached hydrogens (tertiary/aromatic N) is 2. The fourth-order valence-corrected chi connectivity index (χ4v) is 3.93. The predicted molar refractivity (Wildman–Crippen MR) is 81.5 cm³/mol. The topological polar surface area (TPSA) is 23.6 Å². The van der Waals surface area contributed by atoms with E-state index in [0.717, 1.165) is 24.6 Å². The molecule has 3 aliphatic rings. The number of hydrogen-bond donors (Lipinski definition) is 0. The molecule has 0 N–H and O–H groups in total. The minimum atomic E-state index is 0.223. The van der Waals surface area contributed by atoms with Gasteiger partial charge in [0.05, 0.1) is 0 Å². The standard InChI is InChI=1S/C17H28N2O/c1-14(2)10-16(20)19-9-7-17(13-19)6-3-8-18(12-17)11-15-4-5-15/h10,15H,3-9,11-13H2,1-2H3/t17-/m1/s1. The summed E-state index contributed by atoms with van der Waals surface area (Å²) in [5.41, 5.74) is 1.51. The second-order valence-electron chi connectivity index (χ2n) is 7.51. The van der Waals surface area contributed by atoms with Gasteiger partial charge in [-0.15, -0.1) is 0 Å². The highest BCUT2D eigenvalue weighted by Gasteiger charge is 2.43. The lowest BCUT2D eigenvalue weighted by Crippen LogP contribution is -2.45. The summed E-state index contributed by atoms with van der Waals surface area (Å²) < 4.78 is 0. The number of allylic oxidation sites excluding steroid dienone is 1. The van der Waals surface area contributed by atoms with Crippen LogP contribution in [-0.4, -0.2) is 48.4 Å². The molecule has 1 spiro atoms. The van der Waals surface area contributed by atoms with E-state index in [1.807, 2.05) is 13.8 Å². The number of hydrogen-bond acceptors (Lipinski definition) is 2. The van der Waals surface area contributed by atoms with E-state index in [1.54, 1.807) is 6.08 Å². The van der Waals surface area contributed by atoms with Gasteiger partial charge in [0.2, 0.25) is 5.91 Å². The number of piperidine rings is 1. The van der Waals surface area contributed by atoms with Crippen LogP contribution < -0.4 is 0 Å². The minimum Gasteiger partial charge on any atom is -0.339 e. The highest BCUT2D eigenvalue weighted by molar-refractivity contribution is 5.88. The third-order valence-corrected chi connectivity index (χ3v) is 5.12. The third kappa shape index (κ3) is 3.25. The average molecular weight is 276 g/mol. The van der Waals surface area contributed by atoms with E-state index in [-0.39, 0.29) is 5.91 Å². The van der Waals surface area contributed by atoms with Gasteiger partial charge in [-0.1, -0.05) is 5.57 Å². The first-order chi connectivity index (χ1) is 9.56. The Morgan fingerprint density at radius 1 is 1.20 bits per heavy atom. The van der Waals surface area contributed by atoms with E-state index in [4.69, 9.17) is 0 Å². The molecule has 2 aliphatic heterocycles. The first kappa shape index (κ1) is 14.1. The van der Waals surface area contributed by atoms with Crippen LogP contribution in [0.2, 0.25) is 0 Å². The minimum absolute atomic E-state index is 0.223. The zero-order valence-corrected chi connectivity index (χ0v) is 13.0. The van der Waals surface area contributed by atoms with Gasteiger partial charge in [0.25, 0.3) is 0 Å². The van der Waals surface area contributed by atoms with Gasteiger partial charge in [-0.25, -0.2) is 0 Å². The van der Waals surface area contributed by atoms with Crippen LogP contribution in [0.1, 0.15) is 46.0 Å². The largest absolute Gasteiger partial charge is 0.339 e. The molecule has 0 radical (unpaired) electrons. The molecule has 0 unspecified atom stereocenters. The van der Waals surface area contributed by atoms with E-state index < -0.39 is 0 Å². The molecule has 1 atom stereocenters. The van der Waals surface area contributed by atoms with Crippen LogP contribution in [-0.2, 0) is 4.79 Å². The van der Waals surface area contributed by atoms with Crippen molar-refractivity contribution in [2.45, 2.75) is 46.0 Å². The number of rotatable bonds is 3. The van der Waals surface area contributed by atoms with Crippen molar-refractivity contribution in [2.24, 2.45) is 11.3 Å². The number of likely N-dealkylation sites (tertiary alicyclic amines) is 2. The highest BCUT2D eigenvalue weighted by atomic mass is 16.2. The molecule has 1 aliphatic carbocycles. The molecule has 0 aromatic heterocycles. The smallest absolute Gasteiger partial charge is 0.246 e. The molecule has 20 heavy (non-hydrogen) atoms. The Morgan fingerprint density at radius 3 is 2.70 bits per heavy atom. The summed E-state index contributed by atoms with van der Waals surface area (Å²) in [5, 5.41) is 0. The van der Waals surface area contributed by atoms with Crippen LogP contribution in [0.25, 0.3) is 0 Å². The SMILES string of the molecule is CC(C)=CC(=O)N1CC[C@@]2(CCCN(CC3CC3)C2)C1. The van der Waals surface area contributed by atoms with Crippen LogP contribution in [0.15, 0.2) is 11.6 Å². The lowest BCUT2D eigenvalue weighted by molar-refractivity contribution is -0.125. The maximum Gasteiger partial charge on any atom is 0.246 e. The highest BCUT2D eigenvalue weighted by Crippen LogP contribution is 2.40. The monoisotopic (exact) mass is 276 g/mol. The van der Waals surface area contributed by atoms with Crippen LogP contribution in [0.3, 0.4) is 0 Å². The van der Waals surface area contributed by atoms with Crippen LogP contribution in [0.4, 0.5) is 0 Å². The van der Waals surface area contributed by atoms with Crippen molar-refractivity contribution >= 4 is 5.91 Å². The van der Waals surface area contributed by atoms with Gasteiger partial charge >= 0.3 is 0 Å². The fraction of sp³-hybridized carbons (Fsp3) is 0.824. The quantitative estimate of drug-likeness (QED) is 0.740. The molecule has 3 rings (SSSR count). The lowest BCUT2D eigenvalue weighted by Gasteiger charge is -2.40. The van der Waals surface area contributed by atoms with Crippen molar-refractivity contribution < 1.29 is 4.79 Å². The van der Waals surface area contributed by atoms with Gasteiger partial charge in [-0.05, 0) is 58.4 Å². The van der Waals surface area contributed by atoms with E-state index in [9.17, 15) is 4.79 Å². The van der Waals surface area contributed by atoms with Gasteiger partial charge in [0.15, 0.2) is 0 Å². The van der Waals surface area contributed by atoms with Gasteiger partial charge in [-0.3, -0.25) is 4.79 Å². The Morgan fingerprint density at radius 2 is 2.00 bits per heavy atom. The van der Waals surface area contributed by atoms with Gasteiger partial charge in [0.1, 0.15) is 0 Å². The normalized spacial score (nSPS) is 30.8. The van der Waals surface area contributed by atoms with Crippen LogP contribution >= 0.6 is 0 Å². The molecular weight excluding hydrogens is 248 g/mol. The molecule has 3 nitrogen and oxygen atoms in total. The molecule has 1 saturated carbocycles. The molecule has 112 valence electrons. The van der Waals surface area contributed by atoms with E-state index in [2.05, 4.69) is 9.80 Å². The number of carbonyl (C=O) groups excluding carboxylic acids is 1. The molecular formula is C17H28N2O. The third-order valence-electron chi connectivity index (χ3n) is 5.12. The maximum absolute atomic E-state index is 12.2. The van der Waals surface area contributed by atoms with Crippen molar-refractivity contribution in [3.8, 4) is 0 Å². The maximum atomic E-state index is 12.2. The van der Waals surface area contributed by atoms with Crippen LogP contribution in [0, 0.1) is 11.3 Å². The summed E-state index contributed by atoms with van der Waals surface area (Å²) in [6.07, 6.45) is 8.51. The second kappa shape index (κ2) is 5.51. The Hall–Kier alpha value is -0.830. The summed E-state index contributed by atoms with van der Waals surface area (Å²) in [5.74, 6) is 1.20. The Bertz CT molecular complexity index is 409. The first-order valence-corrected chi connectivity index (χ1v) is 8.23. The fourth-order valence-electron chi connectivity index (χ4n) is 3.93. The Balaban J connectivity index is 1.59. The van der Waals surface area contributed by atoms with E-state index in [0.29, 0.717) is 5.41 Å². The van der Waals surface area contributed by atoms with Crippen molar-refractivity contribution in [1.29, 1.82) is 0 Å². The molecule has 0 bridgehead atoms. The summed E-state index contributed by atoms with van der Waals surface area (Å²) in [6.45, 7) is 9.76. The van der Waals surface area contributed by atoms with E-state index >= 15 is 0 Å². The Kier molecular flexibility index (Phi) is 3.89. The van der Waals surface area contributed by atoms with Gasteiger partial charge < -0.3 is 9.80 Å². The average Bonchev–Trinajstić information content (AvgIpc) is 3.09.